The fourth-order valence-electron chi connectivity index (χ4n) is 3.79. The monoisotopic (exact) mass is 432 g/mol. The topological polar surface area (TPSA) is 111 Å². The zero-order chi connectivity index (χ0) is 21.7. The van der Waals surface area contributed by atoms with Crippen molar-refractivity contribution in [3.63, 3.8) is 0 Å². The summed E-state index contributed by atoms with van der Waals surface area (Å²) < 4.78 is 27.3. The molecule has 30 heavy (non-hydrogen) atoms. The van der Waals surface area contributed by atoms with Crippen molar-refractivity contribution in [2.45, 2.75) is 50.0 Å². The Labute approximate surface area is 177 Å². The number of nitrogens with zero attached hydrogens (tertiary/aromatic N) is 2. The summed E-state index contributed by atoms with van der Waals surface area (Å²) >= 11 is 0. The quantitative estimate of drug-likeness (QED) is 0.480. The van der Waals surface area contributed by atoms with Crippen LogP contribution in [0.15, 0.2) is 41.3 Å². The third-order valence-electron chi connectivity index (χ3n) is 5.39. The molecule has 1 heterocycles. The van der Waals surface area contributed by atoms with Crippen molar-refractivity contribution in [3.05, 3.63) is 42.0 Å². The minimum Gasteiger partial charge on any atom is -0.355 e. The zero-order valence-corrected chi connectivity index (χ0v) is 18.0. The molecule has 1 unspecified atom stereocenters. The molecule has 1 aliphatic carbocycles. The number of carbonyl (C=O) groups is 2. The lowest BCUT2D eigenvalue weighted by atomic mass is 10.0. The number of allylic oxidation sites excluding steroid dienone is 1. The molecule has 2 N–H and O–H groups in total. The first-order valence-corrected chi connectivity index (χ1v) is 11.6. The molecule has 0 radical (unpaired) electrons. The standard InChI is InChI=1S/C21H28N4O4S/c1-16(26)15-20(27)23-12-11-17-7-9-19(10-8-17)30(28,29)25-14-13-24(21(25)22)18-5-3-2-4-6-18/h2-3,7-10,18,22H,4-6,11-15H2,1H3,(H,23,27). The molecule has 162 valence electrons. The van der Waals surface area contributed by atoms with Crippen LogP contribution >= 0.6 is 0 Å². The van der Waals surface area contributed by atoms with E-state index in [0.29, 0.717) is 19.5 Å². The van der Waals surface area contributed by atoms with Crippen LogP contribution in [-0.2, 0) is 26.0 Å². The van der Waals surface area contributed by atoms with Gasteiger partial charge in [-0.15, -0.1) is 0 Å². The van der Waals surface area contributed by atoms with E-state index in [-0.39, 0.29) is 41.6 Å². The summed E-state index contributed by atoms with van der Waals surface area (Å²) in [4.78, 5) is 24.5. The van der Waals surface area contributed by atoms with Gasteiger partial charge in [-0.25, -0.2) is 12.7 Å². The van der Waals surface area contributed by atoms with Crippen molar-refractivity contribution in [2.75, 3.05) is 19.6 Å². The minimum absolute atomic E-state index is 0.0487. The summed E-state index contributed by atoms with van der Waals surface area (Å²) in [6.07, 6.45) is 7.36. The highest BCUT2D eigenvalue weighted by Crippen LogP contribution is 2.26. The maximum absolute atomic E-state index is 13.0. The maximum Gasteiger partial charge on any atom is 0.266 e. The molecule has 0 saturated carbocycles. The molecule has 1 aromatic rings. The van der Waals surface area contributed by atoms with Gasteiger partial charge < -0.3 is 10.2 Å². The van der Waals surface area contributed by atoms with Crippen molar-refractivity contribution in [2.24, 2.45) is 0 Å². The van der Waals surface area contributed by atoms with Crippen LogP contribution < -0.4 is 5.32 Å². The summed E-state index contributed by atoms with van der Waals surface area (Å²) in [7, 11) is -3.78. The Bertz CT molecular complexity index is 940. The molecule has 0 bridgehead atoms. The van der Waals surface area contributed by atoms with Gasteiger partial charge >= 0.3 is 0 Å². The average molecular weight is 433 g/mol. The molecule has 0 spiro atoms. The number of carbonyl (C=O) groups excluding carboxylic acids is 2. The number of sulfonamides is 1. The van der Waals surface area contributed by atoms with Gasteiger partial charge in [-0.2, -0.15) is 0 Å². The summed E-state index contributed by atoms with van der Waals surface area (Å²) in [6, 6.07) is 6.70. The summed E-state index contributed by atoms with van der Waals surface area (Å²) in [6.45, 7) is 2.56. The zero-order valence-electron chi connectivity index (χ0n) is 17.1. The summed E-state index contributed by atoms with van der Waals surface area (Å²) in [5, 5.41) is 11.1. The van der Waals surface area contributed by atoms with Crippen LogP contribution in [-0.4, -0.2) is 60.9 Å². The first-order chi connectivity index (χ1) is 14.3. The fraction of sp³-hybridized carbons (Fsp3) is 0.476. The SMILES string of the molecule is CC(=O)CC(=O)NCCc1ccc(S(=O)(=O)N2CCN(C3CC=CCC3)C2=N)cc1. The van der Waals surface area contributed by atoms with E-state index in [4.69, 9.17) is 5.41 Å². The Kier molecular flexibility index (Phi) is 6.91. The molecule has 8 nitrogen and oxygen atoms in total. The minimum atomic E-state index is -3.78. The molecule has 9 heteroatoms. The van der Waals surface area contributed by atoms with Gasteiger partial charge in [0.25, 0.3) is 10.0 Å². The maximum atomic E-state index is 13.0. The summed E-state index contributed by atoms with van der Waals surface area (Å²) in [5.74, 6) is -0.451. The second-order valence-corrected chi connectivity index (χ2v) is 9.52. The molecule has 0 aromatic heterocycles. The summed E-state index contributed by atoms with van der Waals surface area (Å²) in [5.41, 5.74) is 0.879. The van der Waals surface area contributed by atoms with Crippen molar-refractivity contribution in [3.8, 4) is 0 Å². The first kappa shape index (κ1) is 22.0. The fourth-order valence-corrected chi connectivity index (χ4v) is 5.18. The third-order valence-corrected chi connectivity index (χ3v) is 7.19. The number of Topliss-reactive ketones (excluding diaryl/α,β-unsaturated/α-hetero) is 1. The Balaban J connectivity index is 1.60. The molecule has 1 aliphatic heterocycles. The molecular formula is C21H28N4O4S. The second-order valence-electron chi connectivity index (χ2n) is 7.66. The van der Waals surface area contributed by atoms with Gasteiger partial charge in [0.2, 0.25) is 11.9 Å². The molecule has 1 atom stereocenters. The van der Waals surface area contributed by atoms with E-state index in [9.17, 15) is 18.0 Å². The second kappa shape index (κ2) is 9.42. The van der Waals surface area contributed by atoms with Crippen molar-refractivity contribution < 1.29 is 18.0 Å². The Hall–Kier alpha value is -2.68. The van der Waals surface area contributed by atoms with Crippen molar-refractivity contribution >= 4 is 27.7 Å². The van der Waals surface area contributed by atoms with Crippen LogP contribution in [0, 0.1) is 5.41 Å². The predicted molar refractivity (Wildman–Crippen MR) is 114 cm³/mol. The van der Waals surface area contributed by atoms with E-state index in [1.54, 1.807) is 24.3 Å². The lowest BCUT2D eigenvalue weighted by Gasteiger charge is -2.30. The molecule has 1 amide bonds. The largest absolute Gasteiger partial charge is 0.355 e. The highest BCUT2D eigenvalue weighted by Gasteiger charge is 2.38. The number of ketones is 1. The molecule has 1 saturated heterocycles. The van der Waals surface area contributed by atoms with E-state index in [1.165, 1.54) is 11.2 Å². The predicted octanol–water partition coefficient (Wildman–Crippen LogP) is 1.67. The van der Waals surface area contributed by atoms with Gasteiger partial charge in [0.1, 0.15) is 5.78 Å². The van der Waals surface area contributed by atoms with Crippen LogP contribution in [0.25, 0.3) is 0 Å². The number of hydrogen-bond donors (Lipinski definition) is 2. The lowest BCUT2D eigenvalue weighted by Crippen LogP contribution is -2.42. The van der Waals surface area contributed by atoms with E-state index in [1.807, 2.05) is 4.90 Å². The molecular weight excluding hydrogens is 404 g/mol. The number of benzene rings is 1. The normalized spacial score (nSPS) is 19.2. The molecule has 2 aliphatic rings. The van der Waals surface area contributed by atoms with Crippen molar-refractivity contribution in [1.82, 2.24) is 14.5 Å². The van der Waals surface area contributed by atoms with Gasteiger partial charge in [0, 0.05) is 19.1 Å². The number of nitrogens with one attached hydrogen (secondary N) is 2. The number of amides is 1. The van der Waals surface area contributed by atoms with Crippen LogP contribution in [0.5, 0.6) is 0 Å². The smallest absolute Gasteiger partial charge is 0.266 e. The Morgan fingerprint density at radius 1 is 1.17 bits per heavy atom. The van der Waals surface area contributed by atoms with Crippen LogP contribution in [0.1, 0.15) is 38.2 Å². The van der Waals surface area contributed by atoms with Crippen LogP contribution in [0.2, 0.25) is 0 Å². The van der Waals surface area contributed by atoms with E-state index < -0.39 is 10.0 Å². The van der Waals surface area contributed by atoms with Crippen LogP contribution in [0.4, 0.5) is 0 Å². The molecule has 3 rings (SSSR count). The highest BCUT2D eigenvalue weighted by atomic mass is 32.2. The lowest BCUT2D eigenvalue weighted by molar-refractivity contribution is -0.127. The number of guanidine groups is 1. The number of hydrogen-bond acceptors (Lipinski definition) is 5. The van der Waals surface area contributed by atoms with E-state index >= 15 is 0 Å². The molecule has 1 aromatic carbocycles. The van der Waals surface area contributed by atoms with Gasteiger partial charge in [-0.3, -0.25) is 15.0 Å². The van der Waals surface area contributed by atoms with Gasteiger partial charge in [0.15, 0.2) is 0 Å². The Morgan fingerprint density at radius 3 is 2.53 bits per heavy atom. The first-order valence-electron chi connectivity index (χ1n) is 10.2. The van der Waals surface area contributed by atoms with Crippen molar-refractivity contribution in [1.29, 1.82) is 5.41 Å². The number of rotatable bonds is 8. The van der Waals surface area contributed by atoms with Gasteiger partial charge in [-0.05, 0) is 50.3 Å². The average Bonchev–Trinajstić information content (AvgIpc) is 3.10. The van der Waals surface area contributed by atoms with E-state index in [2.05, 4.69) is 17.5 Å². The van der Waals surface area contributed by atoms with E-state index in [0.717, 1.165) is 24.8 Å². The Morgan fingerprint density at radius 2 is 1.90 bits per heavy atom. The van der Waals surface area contributed by atoms with Crippen LogP contribution in [0.3, 0.4) is 0 Å². The van der Waals surface area contributed by atoms with Gasteiger partial charge in [-0.1, -0.05) is 24.3 Å². The molecule has 1 fully saturated rings. The highest BCUT2D eigenvalue weighted by molar-refractivity contribution is 7.89. The third kappa shape index (κ3) is 5.08. The van der Waals surface area contributed by atoms with Gasteiger partial charge in [0.05, 0.1) is 17.9 Å².